The third-order valence-corrected chi connectivity index (χ3v) is 8.24. The predicted molar refractivity (Wildman–Crippen MR) is 167 cm³/mol. The molecule has 0 atom stereocenters. The van der Waals surface area contributed by atoms with Crippen molar-refractivity contribution in [1.82, 2.24) is 0 Å². The van der Waals surface area contributed by atoms with Crippen LogP contribution in [0.5, 0.6) is 0 Å². The van der Waals surface area contributed by atoms with E-state index in [9.17, 15) is 9.59 Å². The fourth-order valence-electron chi connectivity index (χ4n) is 3.68. The van der Waals surface area contributed by atoms with Crippen molar-refractivity contribution in [3.8, 4) is 0 Å². The Hall–Kier alpha value is -2.90. The van der Waals surface area contributed by atoms with Gasteiger partial charge in [0.1, 0.15) is 0 Å². The van der Waals surface area contributed by atoms with Crippen LogP contribution < -0.4 is 10.6 Å². The Balaban J connectivity index is 1.16. The van der Waals surface area contributed by atoms with E-state index in [0.29, 0.717) is 34.4 Å². The van der Waals surface area contributed by atoms with E-state index in [1.54, 1.807) is 23.5 Å². The zero-order valence-electron chi connectivity index (χ0n) is 21.2. The van der Waals surface area contributed by atoms with Crippen molar-refractivity contribution in [2.45, 2.75) is 29.1 Å². The first kappa shape index (κ1) is 29.1. The first-order chi connectivity index (χ1) is 18.9. The molecule has 0 spiro atoms. The van der Waals surface area contributed by atoms with E-state index in [0.717, 1.165) is 38.7 Å². The zero-order chi connectivity index (χ0) is 27.5. The van der Waals surface area contributed by atoms with Crippen molar-refractivity contribution in [1.29, 1.82) is 0 Å². The van der Waals surface area contributed by atoms with Crippen LogP contribution in [0.1, 0.15) is 24.0 Å². The van der Waals surface area contributed by atoms with Gasteiger partial charge in [-0.25, -0.2) is 0 Å². The molecule has 0 radical (unpaired) electrons. The molecule has 0 saturated carbocycles. The van der Waals surface area contributed by atoms with Gasteiger partial charge in [0.05, 0.1) is 0 Å². The van der Waals surface area contributed by atoms with Gasteiger partial charge in [-0.05, 0) is 90.3 Å². The summed E-state index contributed by atoms with van der Waals surface area (Å²) in [4.78, 5) is 26.8. The zero-order valence-corrected chi connectivity index (χ0v) is 24.3. The highest BCUT2D eigenvalue weighted by Gasteiger charge is 2.06. The molecule has 0 heterocycles. The summed E-state index contributed by atoms with van der Waals surface area (Å²) < 4.78 is 0. The molecule has 0 aliphatic heterocycles. The van der Waals surface area contributed by atoms with E-state index >= 15 is 0 Å². The number of hydrogen-bond acceptors (Lipinski definition) is 4. The number of hydrogen-bond donors (Lipinski definition) is 2. The Morgan fingerprint density at radius 3 is 1.26 bits per heavy atom. The normalized spacial score (nSPS) is 10.7. The standard InChI is InChI=1S/C31H28Cl2N2O2S2/c32-24-5-13-28(14-6-24)38-19-17-30(36)34-26-9-1-22(2-10-26)21-23-3-11-27(12-4-23)35-31(37)18-20-39-29-15-7-25(33)8-16-29/h1-16H,17-21H2,(H,34,36)(H,35,37). The average molecular weight is 596 g/mol. The molecule has 2 N–H and O–H groups in total. The quantitative estimate of drug-likeness (QED) is 0.161. The Kier molecular flexibility index (Phi) is 11.2. The summed E-state index contributed by atoms with van der Waals surface area (Å²) in [5.41, 5.74) is 3.85. The van der Waals surface area contributed by atoms with E-state index in [1.807, 2.05) is 97.1 Å². The number of halogens is 2. The van der Waals surface area contributed by atoms with Gasteiger partial charge in [-0.2, -0.15) is 0 Å². The molecule has 200 valence electrons. The number of amides is 2. The first-order valence-corrected chi connectivity index (χ1v) is 15.2. The second-order valence-electron chi connectivity index (χ2n) is 8.77. The number of rotatable bonds is 12. The van der Waals surface area contributed by atoms with Crippen LogP contribution in [0, 0.1) is 0 Å². The summed E-state index contributed by atoms with van der Waals surface area (Å²) in [6, 6.07) is 31.0. The molecular weight excluding hydrogens is 567 g/mol. The molecule has 0 aromatic heterocycles. The Labute approximate surface area is 247 Å². The van der Waals surface area contributed by atoms with Crippen molar-refractivity contribution >= 4 is 69.9 Å². The molecule has 2 amide bonds. The molecule has 0 bridgehead atoms. The van der Waals surface area contributed by atoms with E-state index in [4.69, 9.17) is 23.2 Å². The Morgan fingerprint density at radius 2 is 0.897 bits per heavy atom. The summed E-state index contributed by atoms with van der Waals surface area (Å²) in [5, 5.41) is 7.33. The molecule has 0 aliphatic rings. The summed E-state index contributed by atoms with van der Waals surface area (Å²) in [5.74, 6) is 1.38. The molecule has 8 heteroatoms. The number of nitrogens with one attached hydrogen (secondary N) is 2. The van der Waals surface area contributed by atoms with Crippen molar-refractivity contribution in [2.24, 2.45) is 0 Å². The lowest BCUT2D eigenvalue weighted by molar-refractivity contribution is -0.116. The summed E-state index contributed by atoms with van der Waals surface area (Å²) in [6.07, 6.45) is 1.62. The van der Waals surface area contributed by atoms with Gasteiger partial charge in [0.2, 0.25) is 11.8 Å². The molecule has 39 heavy (non-hydrogen) atoms. The molecule has 0 unspecified atom stereocenters. The largest absolute Gasteiger partial charge is 0.326 e. The molecule has 4 rings (SSSR count). The van der Waals surface area contributed by atoms with Gasteiger partial charge >= 0.3 is 0 Å². The van der Waals surface area contributed by atoms with Crippen molar-refractivity contribution in [3.05, 3.63) is 118 Å². The van der Waals surface area contributed by atoms with Gasteiger partial charge in [-0.15, -0.1) is 23.5 Å². The van der Waals surface area contributed by atoms with E-state index in [2.05, 4.69) is 10.6 Å². The van der Waals surface area contributed by atoms with Crippen LogP contribution in [0.3, 0.4) is 0 Å². The highest BCUT2D eigenvalue weighted by Crippen LogP contribution is 2.23. The second kappa shape index (κ2) is 15.0. The molecular formula is C31H28Cl2N2O2S2. The smallest absolute Gasteiger partial charge is 0.225 e. The van der Waals surface area contributed by atoms with Crippen LogP contribution in [0.2, 0.25) is 10.0 Å². The lowest BCUT2D eigenvalue weighted by atomic mass is 10.0. The fourth-order valence-corrected chi connectivity index (χ4v) is 5.63. The van der Waals surface area contributed by atoms with Gasteiger partial charge in [-0.3, -0.25) is 9.59 Å². The molecule has 4 nitrogen and oxygen atoms in total. The highest BCUT2D eigenvalue weighted by atomic mass is 35.5. The first-order valence-electron chi connectivity index (χ1n) is 12.5. The number of anilines is 2. The predicted octanol–water partition coefficient (Wildman–Crippen LogP) is 8.83. The molecule has 4 aromatic rings. The summed E-state index contributed by atoms with van der Waals surface area (Å²) in [6.45, 7) is 0. The molecule has 0 saturated heterocycles. The topological polar surface area (TPSA) is 58.2 Å². The van der Waals surface area contributed by atoms with Crippen LogP contribution in [0.15, 0.2) is 107 Å². The lowest BCUT2D eigenvalue weighted by Gasteiger charge is -2.09. The second-order valence-corrected chi connectivity index (χ2v) is 12.0. The van der Waals surface area contributed by atoms with Gasteiger partial charge in [0.15, 0.2) is 0 Å². The summed E-state index contributed by atoms with van der Waals surface area (Å²) in [7, 11) is 0. The minimum atomic E-state index is -0.00887. The van der Waals surface area contributed by atoms with E-state index in [-0.39, 0.29) is 11.8 Å². The number of benzene rings is 4. The third kappa shape index (κ3) is 10.3. The van der Waals surface area contributed by atoms with Crippen molar-refractivity contribution in [2.75, 3.05) is 22.1 Å². The minimum absolute atomic E-state index is 0.00887. The van der Waals surface area contributed by atoms with Crippen LogP contribution in [-0.2, 0) is 16.0 Å². The maximum atomic E-state index is 12.3. The summed E-state index contributed by atoms with van der Waals surface area (Å²) >= 11 is 15.1. The number of carbonyl (C=O) groups is 2. The number of carbonyl (C=O) groups excluding carboxylic acids is 2. The van der Waals surface area contributed by atoms with Crippen molar-refractivity contribution in [3.63, 3.8) is 0 Å². The van der Waals surface area contributed by atoms with Crippen LogP contribution >= 0.6 is 46.7 Å². The van der Waals surface area contributed by atoms with E-state index < -0.39 is 0 Å². The Morgan fingerprint density at radius 1 is 0.538 bits per heavy atom. The molecule has 0 fully saturated rings. The van der Waals surface area contributed by atoms with Crippen LogP contribution in [-0.4, -0.2) is 23.3 Å². The van der Waals surface area contributed by atoms with Gasteiger partial charge in [0.25, 0.3) is 0 Å². The maximum Gasteiger partial charge on any atom is 0.225 e. The average Bonchev–Trinajstić information content (AvgIpc) is 2.93. The highest BCUT2D eigenvalue weighted by molar-refractivity contribution is 7.99. The van der Waals surface area contributed by atoms with Gasteiger partial charge in [0, 0.05) is 55.6 Å². The number of thioether (sulfide) groups is 2. The third-order valence-electron chi connectivity index (χ3n) is 5.71. The fraction of sp³-hybridized carbons (Fsp3) is 0.161. The van der Waals surface area contributed by atoms with Gasteiger partial charge < -0.3 is 10.6 Å². The SMILES string of the molecule is O=C(CCSc1ccc(Cl)cc1)Nc1ccc(Cc2ccc(NC(=O)CCSc3ccc(Cl)cc3)cc2)cc1. The minimum Gasteiger partial charge on any atom is -0.326 e. The Bertz CT molecular complexity index is 1260. The molecule has 0 aliphatic carbocycles. The lowest BCUT2D eigenvalue weighted by Crippen LogP contribution is -2.12. The van der Waals surface area contributed by atoms with Crippen LogP contribution in [0.4, 0.5) is 11.4 Å². The maximum absolute atomic E-state index is 12.3. The van der Waals surface area contributed by atoms with E-state index in [1.165, 1.54) is 0 Å². The monoisotopic (exact) mass is 594 g/mol. The van der Waals surface area contributed by atoms with Crippen LogP contribution in [0.25, 0.3) is 0 Å². The van der Waals surface area contributed by atoms with Crippen molar-refractivity contribution < 1.29 is 9.59 Å². The van der Waals surface area contributed by atoms with Gasteiger partial charge in [-0.1, -0.05) is 47.5 Å². The molecule has 4 aromatic carbocycles.